The van der Waals surface area contributed by atoms with Gasteiger partial charge in [0.2, 0.25) is 5.91 Å². The van der Waals surface area contributed by atoms with Crippen LogP contribution in [0.1, 0.15) is 32.1 Å². The molecule has 1 aliphatic heterocycles. The van der Waals surface area contributed by atoms with Crippen molar-refractivity contribution in [2.75, 3.05) is 19.6 Å². The maximum Gasteiger partial charge on any atom is 0.393 e. The topological polar surface area (TPSA) is 46.3 Å². The zero-order valence-corrected chi connectivity index (χ0v) is 10.3. The van der Waals surface area contributed by atoms with E-state index in [0.29, 0.717) is 13.0 Å². The molecule has 104 valence electrons. The number of carbonyl (C=O) groups is 1. The first-order valence-corrected chi connectivity index (χ1v) is 6.45. The Hall–Kier alpha value is -0.780. The van der Waals surface area contributed by atoms with Crippen molar-refractivity contribution in [2.24, 2.45) is 17.1 Å². The predicted molar refractivity (Wildman–Crippen MR) is 60.7 cm³/mol. The number of rotatable bonds is 2. The van der Waals surface area contributed by atoms with Crippen molar-refractivity contribution in [3.8, 4) is 0 Å². The number of likely N-dealkylation sites (tertiary alicyclic amines) is 1. The van der Waals surface area contributed by atoms with Gasteiger partial charge in [0.15, 0.2) is 0 Å². The summed E-state index contributed by atoms with van der Waals surface area (Å²) in [6.45, 7) is 0.496. The van der Waals surface area contributed by atoms with Crippen molar-refractivity contribution in [2.45, 2.75) is 38.3 Å². The molecule has 2 fully saturated rings. The molecule has 2 aliphatic rings. The van der Waals surface area contributed by atoms with Crippen LogP contribution in [0.2, 0.25) is 0 Å². The molecule has 0 aromatic rings. The minimum atomic E-state index is -4.20. The number of piperidine rings is 1. The van der Waals surface area contributed by atoms with Crippen LogP contribution in [0.5, 0.6) is 0 Å². The number of hydrogen-bond acceptors (Lipinski definition) is 2. The lowest BCUT2D eigenvalue weighted by atomic mass is 9.67. The number of halogens is 3. The third-order valence-electron chi connectivity index (χ3n) is 4.33. The SMILES string of the molecule is NCC1(C(=O)N2CCCC(C(F)(F)F)C2)CCC1. The average Bonchev–Trinajstić information content (AvgIpc) is 2.27. The van der Waals surface area contributed by atoms with Gasteiger partial charge in [0, 0.05) is 19.6 Å². The molecule has 1 amide bonds. The predicted octanol–water partition coefficient (Wildman–Crippen LogP) is 1.92. The summed E-state index contributed by atoms with van der Waals surface area (Å²) in [7, 11) is 0. The van der Waals surface area contributed by atoms with Crippen LogP contribution in [-0.4, -0.2) is 36.6 Å². The third kappa shape index (κ3) is 2.35. The molecule has 1 saturated heterocycles. The van der Waals surface area contributed by atoms with E-state index in [1.54, 1.807) is 0 Å². The van der Waals surface area contributed by atoms with Crippen molar-refractivity contribution < 1.29 is 18.0 Å². The Labute approximate surface area is 104 Å². The van der Waals surface area contributed by atoms with E-state index in [4.69, 9.17) is 5.73 Å². The molecule has 0 spiro atoms. The smallest absolute Gasteiger partial charge is 0.342 e. The number of nitrogens with two attached hydrogens (primary N) is 1. The molecular weight excluding hydrogens is 245 g/mol. The van der Waals surface area contributed by atoms with Crippen LogP contribution in [0.4, 0.5) is 13.2 Å². The van der Waals surface area contributed by atoms with Crippen LogP contribution in [0.25, 0.3) is 0 Å². The van der Waals surface area contributed by atoms with Gasteiger partial charge in [0.05, 0.1) is 11.3 Å². The van der Waals surface area contributed by atoms with E-state index in [1.807, 2.05) is 0 Å². The molecule has 0 aromatic carbocycles. The van der Waals surface area contributed by atoms with Gasteiger partial charge in [0.1, 0.15) is 0 Å². The molecule has 0 aromatic heterocycles. The van der Waals surface area contributed by atoms with Crippen LogP contribution >= 0.6 is 0 Å². The molecule has 1 unspecified atom stereocenters. The van der Waals surface area contributed by atoms with Gasteiger partial charge in [-0.25, -0.2) is 0 Å². The van der Waals surface area contributed by atoms with E-state index in [-0.39, 0.29) is 25.4 Å². The number of carbonyl (C=O) groups excluding carboxylic acids is 1. The molecule has 1 saturated carbocycles. The molecule has 3 nitrogen and oxygen atoms in total. The lowest BCUT2D eigenvalue weighted by Gasteiger charge is -2.45. The zero-order valence-electron chi connectivity index (χ0n) is 10.3. The molecule has 2 rings (SSSR count). The van der Waals surface area contributed by atoms with E-state index in [9.17, 15) is 18.0 Å². The number of amides is 1. The minimum absolute atomic E-state index is 0.128. The summed E-state index contributed by atoms with van der Waals surface area (Å²) in [5.74, 6) is -1.53. The Morgan fingerprint density at radius 3 is 2.44 bits per heavy atom. The van der Waals surface area contributed by atoms with Gasteiger partial charge in [-0.15, -0.1) is 0 Å². The molecule has 6 heteroatoms. The van der Waals surface area contributed by atoms with E-state index in [2.05, 4.69) is 0 Å². The number of alkyl halides is 3. The second-order valence-corrected chi connectivity index (χ2v) is 5.47. The van der Waals surface area contributed by atoms with Crippen LogP contribution < -0.4 is 5.73 Å². The van der Waals surface area contributed by atoms with Crippen LogP contribution in [0, 0.1) is 11.3 Å². The standard InChI is InChI=1S/C12H19F3N2O/c13-12(14,15)9-3-1-6-17(7-9)10(18)11(8-16)4-2-5-11/h9H,1-8,16H2. The Morgan fingerprint density at radius 2 is 2.00 bits per heavy atom. The summed E-state index contributed by atoms with van der Waals surface area (Å²) in [6, 6.07) is 0. The first-order chi connectivity index (χ1) is 8.39. The fourth-order valence-corrected chi connectivity index (χ4v) is 2.87. The highest BCUT2D eigenvalue weighted by atomic mass is 19.4. The second kappa shape index (κ2) is 4.72. The Balaban J connectivity index is 2.03. The second-order valence-electron chi connectivity index (χ2n) is 5.47. The van der Waals surface area contributed by atoms with Crippen molar-refractivity contribution in [1.82, 2.24) is 4.90 Å². The summed E-state index contributed by atoms with van der Waals surface area (Å²) >= 11 is 0. The Bertz CT molecular complexity index is 320. The molecule has 2 N–H and O–H groups in total. The Morgan fingerprint density at radius 1 is 1.33 bits per heavy atom. The molecule has 1 atom stereocenters. The minimum Gasteiger partial charge on any atom is -0.342 e. The van der Waals surface area contributed by atoms with Gasteiger partial charge in [-0.2, -0.15) is 13.2 Å². The zero-order chi connectivity index (χ0) is 13.4. The van der Waals surface area contributed by atoms with E-state index < -0.39 is 17.5 Å². The third-order valence-corrected chi connectivity index (χ3v) is 4.33. The van der Waals surface area contributed by atoms with Gasteiger partial charge >= 0.3 is 6.18 Å². The van der Waals surface area contributed by atoms with Crippen molar-refractivity contribution >= 4 is 5.91 Å². The van der Waals surface area contributed by atoms with Gasteiger partial charge in [-0.3, -0.25) is 4.79 Å². The van der Waals surface area contributed by atoms with Crippen molar-refractivity contribution in [3.63, 3.8) is 0 Å². The monoisotopic (exact) mass is 264 g/mol. The maximum absolute atomic E-state index is 12.7. The average molecular weight is 264 g/mol. The quantitative estimate of drug-likeness (QED) is 0.828. The van der Waals surface area contributed by atoms with Crippen molar-refractivity contribution in [1.29, 1.82) is 0 Å². The summed E-state index contributed by atoms with van der Waals surface area (Å²) in [6.07, 6.45) is -1.27. The first kappa shape index (κ1) is 13.6. The summed E-state index contributed by atoms with van der Waals surface area (Å²) in [5.41, 5.74) is 5.07. The van der Waals surface area contributed by atoms with Crippen LogP contribution in [0.3, 0.4) is 0 Å². The molecule has 0 radical (unpaired) electrons. The molecule has 1 heterocycles. The van der Waals surface area contributed by atoms with E-state index in [1.165, 1.54) is 4.90 Å². The van der Waals surface area contributed by atoms with Crippen LogP contribution in [0.15, 0.2) is 0 Å². The lowest BCUT2D eigenvalue weighted by Crippen LogP contribution is -2.55. The van der Waals surface area contributed by atoms with Gasteiger partial charge in [0.25, 0.3) is 0 Å². The van der Waals surface area contributed by atoms with E-state index >= 15 is 0 Å². The highest BCUT2D eigenvalue weighted by Gasteiger charge is 2.48. The fourth-order valence-electron chi connectivity index (χ4n) is 2.87. The normalized spacial score (nSPS) is 27.8. The maximum atomic E-state index is 12.7. The lowest BCUT2D eigenvalue weighted by molar-refractivity contribution is -0.190. The van der Waals surface area contributed by atoms with Gasteiger partial charge in [-0.1, -0.05) is 6.42 Å². The first-order valence-electron chi connectivity index (χ1n) is 6.45. The highest BCUT2D eigenvalue weighted by molar-refractivity contribution is 5.84. The summed E-state index contributed by atoms with van der Waals surface area (Å²) in [5, 5.41) is 0. The molecule has 18 heavy (non-hydrogen) atoms. The summed E-state index contributed by atoms with van der Waals surface area (Å²) in [4.78, 5) is 13.7. The Kier molecular flexibility index (Phi) is 3.58. The largest absolute Gasteiger partial charge is 0.393 e. The number of nitrogens with zero attached hydrogens (tertiary/aromatic N) is 1. The van der Waals surface area contributed by atoms with E-state index in [0.717, 1.165) is 19.3 Å². The summed E-state index contributed by atoms with van der Waals surface area (Å²) < 4.78 is 38.1. The molecular formula is C12H19F3N2O. The molecule has 0 bridgehead atoms. The number of hydrogen-bond donors (Lipinski definition) is 1. The highest BCUT2D eigenvalue weighted by Crippen LogP contribution is 2.43. The van der Waals surface area contributed by atoms with Gasteiger partial charge < -0.3 is 10.6 Å². The van der Waals surface area contributed by atoms with Gasteiger partial charge in [-0.05, 0) is 25.7 Å². The fraction of sp³-hybridized carbons (Fsp3) is 0.917. The van der Waals surface area contributed by atoms with Crippen molar-refractivity contribution in [3.05, 3.63) is 0 Å². The van der Waals surface area contributed by atoms with Crippen LogP contribution in [-0.2, 0) is 4.79 Å². The molecule has 1 aliphatic carbocycles.